The molecule has 0 aromatic rings. The van der Waals surface area contributed by atoms with E-state index in [2.05, 4.69) is 27.7 Å². The third-order valence-electron chi connectivity index (χ3n) is 4.89. The van der Waals surface area contributed by atoms with Crippen LogP contribution in [0.5, 0.6) is 0 Å². The highest BCUT2D eigenvalue weighted by atomic mass is 16.7. The number of ether oxygens (including phenoxy) is 2. The molecule has 1 atom stereocenters. The predicted molar refractivity (Wildman–Crippen MR) is 107 cm³/mol. The van der Waals surface area contributed by atoms with Crippen molar-refractivity contribution in [2.24, 2.45) is 0 Å². The van der Waals surface area contributed by atoms with E-state index in [1.807, 2.05) is 7.11 Å². The van der Waals surface area contributed by atoms with Crippen LogP contribution in [0.2, 0.25) is 0 Å². The Morgan fingerprint density at radius 2 is 1.04 bits per heavy atom. The molecule has 0 bridgehead atoms. The third-order valence-corrected chi connectivity index (χ3v) is 4.89. The highest BCUT2D eigenvalue weighted by Crippen LogP contribution is 2.29. The van der Waals surface area contributed by atoms with E-state index in [0.717, 1.165) is 12.8 Å². The van der Waals surface area contributed by atoms with Gasteiger partial charge in [0.25, 0.3) is 0 Å². The Kier molecular flexibility index (Phi) is 16.3. The molecule has 0 saturated heterocycles. The molecule has 0 spiro atoms. The van der Waals surface area contributed by atoms with Crippen molar-refractivity contribution >= 4 is 0 Å². The summed E-state index contributed by atoms with van der Waals surface area (Å²) in [6, 6.07) is 0. The van der Waals surface area contributed by atoms with Gasteiger partial charge < -0.3 is 9.47 Å². The van der Waals surface area contributed by atoms with Crippen molar-refractivity contribution in [1.29, 1.82) is 0 Å². The van der Waals surface area contributed by atoms with Gasteiger partial charge in [0.1, 0.15) is 0 Å². The highest BCUT2D eigenvalue weighted by Gasteiger charge is 2.30. The van der Waals surface area contributed by atoms with Crippen molar-refractivity contribution in [2.75, 3.05) is 7.11 Å². The Morgan fingerprint density at radius 1 is 0.625 bits per heavy atom. The van der Waals surface area contributed by atoms with Crippen molar-refractivity contribution in [2.45, 2.75) is 136 Å². The van der Waals surface area contributed by atoms with Gasteiger partial charge in [0, 0.05) is 20.0 Å². The van der Waals surface area contributed by atoms with Crippen LogP contribution >= 0.6 is 0 Å². The summed E-state index contributed by atoms with van der Waals surface area (Å²) < 4.78 is 12.0. The summed E-state index contributed by atoms with van der Waals surface area (Å²) in [6.07, 6.45) is 19.9. The Morgan fingerprint density at radius 3 is 1.46 bits per heavy atom. The summed E-state index contributed by atoms with van der Waals surface area (Å²) in [5, 5.41) is 0. The van der Waals surface area contributed by atoms with Gasteiger partial charge in [-0.1, -0.05) is 84.5 Å². The number of rotatable bonds is 18. The van der Waals surface area contributed by atoms with Gasteiger partial charge in [-0.15, -0.1) is 0 Å². The first-order valence-electron chi connectivity index (χ1n) is 10.8. The molecule has 24 heavy (non-hydrogen) atoms. The lowest BCUT2D eigenvalue weighted by Gasteiger charge is -2.34. The molecule has 0 aliphatic heterocycles. The lowest BCUT2D eigenvalue weighted by atomic mass is 9.99. The van der Waals surface area contributed by atoms with Gasteiger partial charge in [-0.25, -0.2) is 0 Å². The molecule has 2 nitrogen and oxygen atoms in total. The van der Waals surface area contributed by atoms with Crippen LogP contribution in [0.1, 0.15) is 124 Å². The molecule has 1 unspecified atom stereocenters. The maximum Gasteiger partial charge on any atom is 0.168 e. The molecule has 0 fully saturated rings. The molecular formula is C22H46O2. The lowest BCUT2D eigenvalue weighted by molar-refractivity contribution is -0.248. The van der Waals surface area contributed by atoms with Gasteiger partial charge in [0.15, 0.2) is 5.79 Å². The average Bonchev–Trinajstić information content (AvgIpc) is 2.57. The van der Waals surface area contributed by atoms with Crippen LogP contribution < -0.4 is 0 Å². The molecule has 0 aromatic carbocycles. The summed E-state index contributed by atoms with van der Waals surface area (Å²) in [7, 11) is 1.82. The fraction of sp³-hybridized carbons (Fsp3) is 1.00. The summed E-state index contributed by atoms with van der Waals surface area (Å²) in [5.74, 6) is -0.344. The van der Waals surface area contributed by atoms with Crippen molar-refractivity contribution in [3.05, 3.63) is 0 Å². The minimum Gasteiger partial charge on any atom is -0.353 e. The minimum atomic E-state index is -0.344. The second kappa shape index (κ2) is 16.4. The van der Waals surface area contributed by atoms with E-state index in [4.69, 9.17) is 9.47 Å². The Hall–Kier alpha value is -0.0800. The Bertz CT molecular complexity index is 252. The van der Waals surface area contributed by atoms with Crippen molar-refractivity contribution < 1.29 is 9.47 Å². The number of unbranched alkanes of at least 4 members (excludes halogenated alkanes) is 11. The van der Waals surface area contributed by atoms with Crippen LogP contribution in [-0.2, 0) is 9.47 Å². The van der Waals surface area contributed by atoms with Crippen LogP contribution in [0.15, 0.2) is 0 Å². The van der Waals surface area contributed by atoms with Gasteiger partial charge in [-0.05, 0) is 26.7 Å². The second-order valence-electron chi connectivity index (χ2n) is 7.67. The Labute approximate surface area is 153 Å². The predicted octanol–water partition coefficient (Wildman–Crippen LogP) is 7.65. The standard InChI is InChI=1S/C22H46O2/c1-6-8-10-11-12-13-14-15-16-17-18-20-22(23-5,19-9-7-2)24-21(3)4/h21H,6-20H2,1-5H3. The molecule has 0 N–H and O–H groups in total. The minimum absolute atomic E-state index is 0.231. The van der Waals surface area contributed by atoms with Gasteiger partial charge in [-0.2, -0.15) is 0 Å². The van der Waals surface area contributed by atoms with Gasteiger partial charge in [-0.3, -0.25) is 0 Å². The summed E-state index contributed by atoms with van der Waals surface area (Å²) in [6.45, 7) is 8.74. The zero-order valence-corrected chi connectivity index (χ0v) is 17.5. The molecule has 0 amide bonds. The molecule has 0 aromatic heterocycles. The van der Waals surface area contributed by atoms with E-state index in [0.29, 0.717) is 0 Å². The van der Waals surface area contributed by atoms with Crippen molar-refractivity contribution in [1.82, 2.24) is 0 Å². The first-order valence-corrected chi connectivity index (χ1v) is 10.8. The topological polar surface area (TPSA) is 18.5 Å². The monoisotopic (exact) mass is 342 g/mol. The summed E-state index contributed by atoms with van der Waals surface area (Å²) in [4.78, 5) is 0. The van der Waals surface area contributed by atoms with Gasteiger partial charge in [0.2, 0.25) is 0 Å². The summed E-state index contributed by atoms with van der Waals surface area (Å²) in [5.41, 5.74) is 0. The lowest BCUT2D eigenvalue weighted by Crippen LogP contribution is -2.37. The second-order valence-corrected chi connectivity index (χ2v) is 7.67. The van der Waals surface area contributed by atoms with E-state index in [-0.39, 0.29) is 11.9 Å². The SMILES string of the molecule is CCCCCCCCCCCCCC(CCCC)(OC)OC(C)C. The van der Waals surface area contributed by atoms with E-state index in [1.165, 1.54) is 83.5 Å². The fourth-order valence-electron chi connectivity index (χ4n) is 3.43. The molecule has 0 rings (SSSR count). The molecule has 2 heteroatoms. The maximum absolute atomic E-state index is 6.16. The van der Waals surface area contributed by atoms with E-state index >= 15 is 0 Å². The highest BCUT2D eigenvalue weighted by molar-refractivity contribution is 4.71. The number of methoxy groups -OCH3 is 1. The normalized spacial score (nSPS) is 14.2. The fourth-order valence-corrected chi connectivity index (χ4v) is 3.43. The van der Waals surface area contributed by atoms with E-state index < -0.39 is 0 Å². The quantitative estimate of drug-likeness (QED) is 0.188. The maximum atomic E-state index is 6.16. The zero-order chi connectivity index (χ0) is 18.1. The Balaban J connectivity index is 3.75. The first kappa shape index (κ1) is 23.9. The van der Waals surface area contributed by atoms with Crippen LogP contribution in [0.25, 0.3) is 0 Å². The molecule has 146 valence electrons. The molecule has 0 aliphatic rings. The number of hydrogen-bond acceptors (Lipinski definition) is 2. The zero-order valence-electron chi connectivity index (χ0n) is 17.5. The first-order chi connectivity index (χ1) is 11.6. The van der Waals surface area contributed by atoms with E-state index in [1.54, 1.807) is 0 Å². The van der Waals surface area contributed by atoms with Crippen LogP contribution in [-0.4, -0.2) is 19.0 Å². The van der Waals surface area contributed by atoms with Crippen LogP contribution in [0.4, 0.5) is 0 Å². The largest absolute Gasteiger partial charge is 0.353 e. The van der Waals surface area contributed by atoms with Crippen molar-refractivity contribution in [3.8, 4) is 0 Å². The van der Waals surface area contributed by atoms with Crippen LogP contribution in [0, 0.1) is 0 Å². The third kappa shape index (κ3) is 13.2. The molecule has 0 heterocycles. The molecular weight excluding hydrogens is 296 g/mol. The molecule has 0 radical (unpaired) electrons. The van der Waals surface area contributed by atoms with Gasteiger partial charge >= 0.3 is 0 Å². The summed E-state index contributed by atoms with van der Waals surface area (Å²) >= 11 is 0. The van der Waals surface area contributed by atoms with Crippen LogP contribution in [0.3, 0.4) is 0 Å². The smallest absolute Gasteiger partial charge is 0.168 e. The van der Waals surface area contributed by atoms with E-state index in [9.17, 15) is 0 Å². The molecule has 0 saturated carbocycles. The molecule has 0 aliphatic carbocycles. The average molecular weight is 343 g/mol. The number of hydrogen-bond donors (Lipinski definition) is 0. The van der Waals surface area contributed by atoms with Gasteiger partial charge in [0.05, 0.1) is 6.10 Å². The van der Waals surface area contributed by atoms with Crippen molar-refractivity contribution in [3.63, 3.8) is 0 Å².